The Labute approximate surface area is 117 Å². The van der Waals surface area contributed by atoms with Crippen LogP contribution >= 0.6 is 15.9 Å². The van der Waals surface area contributed by atoms with Crippen molar-refractivity contribution in [3.63, 3.8) is 0 Å². The second kappa shape index (κ2) is 5.59. The summed E-state index contributed by atoms with van der Waals surface area (Å²) in [5.74, 6) is 0. The van der Waals surface area contributed by atoms with Crippen molar-refractivity contribution >= 4 is 21.6 Å². The van der Waals surface area contributed by atoms with Crippen LogP contribution in [-0.4, -0.2) is 29.2 Å². The quantitative estimate of drug-likeness (QED) is 0.841. The minimum Gasteiger partial charge on any atom is -0.399 e. The van der Waals surface area contributed by atoms with Crippen LogP contribution in [0.1, 0.15) is 31.2 Å². The summed E-state index contributed by atoms with van der Waals surface area (Å²) in [5, 5.41) is 10.4. The lowest BCUT2D eigenvalue weighted by molar-refractivity contribution is 0.0145. The number of anilines is 1. The lowest BCUT2D eigenvalue weighted by atomic mass is 10.0. The van der Waals surface area contributed by atoms with Crippen LogP contribution in [0.2, 0.25) is 0 Å². The summed E-state index contributed by atoms with van der Waals surface area (Å²) in [6, 6.07) is 5.88. The van der Waals surface area contributed by atoms with E-state index in [2.05, 4.69) is 27.9 Å². The molecule has 0 radical (unpaired) electrons. The molecule has 3 nitrogen and oxygen atoms in total. The number of nitrogens with zero attached hydrogens (tertiary/aromatic N) is 1. The van der Waals surface area contributed by atoms with Gasteiger partial charge in [-0.15, -0.1) is 0 Å². The summed E-state index contributed by atoms with van der Waals surface area (Å²) in [7, 11) is 2.05. The average molecular weight is 313 g/mol. The molecule has 1 aliphatic carbocycles. The molecular formula is C14H21BrN2O. The number of rotatable bonds is 4. The van der Waals surface area contributed by atoms with Crippen LogP contribution < -0.4 is 5.73 Å². The van der Waals surface area contributed by atoms with E-state index in [1.54, 1.807) is 0 Å². The van der Waals surface area contributed by atoms with Crippen molar-refractivity contribution < 1.29 is 5.11 Å². The monoisotopic (exact) mass is 312 g/mol. The number of nitrogen functional groups attached to an aromatic ring is 1. The Morgan fingerprint density at radius 3 is 2.67 bits per heavy atom. The number of aliphatic hydroxyl groups is 1. The number of hydrogen-bond acceptors (Lipinski definition) is 3. The standard InChI is InChI=1S/C14H21BrN2O/c1-17(10-14(18)6-2-3-7-14)9-11-4-5-12(16)8-13(11)15/h4-5,8,18H,2-3,6-7,9-10,16H2,1H3. The molecule has 18 heavy (non-hydrogen) atoms. The third-order valence-corrected chi connectivity index (χ3v) is 4.35. The molecule has 0 unspecified atom stereocenters. The minimum atomic E-state index is -0.477. The fourth-order valence-electron chi connectivity index (χ4n) is 2.73. The van der Waals surface area contributed by atoms with Gasteiger partial charge in [-0.05, 0) is 37.6 Å². The van der Waals surface area contributed by atoms with Gasteiger partial charge in [0.1, 0.15) is 0 Å². The van der Waals surface area contributed by atoms with Crippen LogP contribution in [0.15, 0.2) is 22.7 Å². The highest BCUT2D eigenvalue weighted by Crippen LogP contribution is 2.30. The van der Waals surface area contributed by atoms with E-state index in [0.717, 1.165) is 48.9 Å². The molecule has 0 amide bonds. The molecule has 0 atom stereocenters. The largest absolute Gasteiger partial charge is 0.399 e. The van der Waals surface area contributed by atoms with E-state index in [9.17, 15) is 5.11 Å². The predicted molar refractivity (Wildman–Crippen MR) is 78.3 cm³/mol. The van der Waals surface area contributed by atoms with E-state index in [4.69, 9.17) is 5.73 Å². The summed E-state index contributed by atoms with van der Waals surface area (Å²) in [5.41, 5.74) is 7.22. The molecule has 0 heterocycles. The second-order valence-corrected chi connectivity index (χ2v) is 6.31. The summed E-state index contributed by atoms with van der Waals surface area (Å²) in [6.07, 6.45) is 4.16. The van der Waals surface area contributed by atoms with Gasteiger partial charge in [-0.2, -0.15) is 0 Å². The highest BCUT2D eigenvalue weighted by molar-refractivity contribution is 9.10. The number of benzene rings is 1. The van der Waals surface area contributed by atoms with Gasteiger partial charge in [0, 0.05) is 23.2 Å². The SMILES string of the molecule is CN(Cc1ccc(N)cc1Br)CC1(O)CCCC1. The number of hydrogen-bond donors (Lipinski definition) is 2. The summed E-state index contributed by atoms with van der Waals surface area (Å²) in [6.45, 7) is 1.56. The molecule has 0 saturated heterocycles. The van der Waals surface area contributed by atoms with Crippen molar-refractivity contribution in [3.8, 4) is 0 Å². The first-order valence-corrected chi connectivity index (χ1v) is 7.23. The minimum absolute atomic E-state index is 0.477. The molecule has 100 valence electrons. The maximum absolute atomic E-state index is 10.4. The molecule has 0 spiro atoms. The molecule has 4 heteroatoms. The highest BCUT2D eigenvalue weighted by atomic mass is 79.9. The Morgan fingerprint density at radius 2 is 2.06 bits per heavy atom. The number of halogens is 1. The molecule has 0 aromatic heterocycles. The van der Waals surface area contributed by atoms with Crippen LogP contribution in [0.4, 0.5) is 5.69 Å². The van der Waals surface area contributed by atoms with Gasteiger partial charge in [-0.3, -0.25) is 4.90 Å². The third kappa shape index (κ3) is 3.46. The smallest absolute Gasteiger partial charge is 0.0774 e. The topological polar surface area (TPSA) is 49.5 Å². The fourth-order valence-corrected chi connectivity index (χ4v) is 3.25. The van der Waals surface area contributed by atoms with E-state index in [-0.39, 0.29) is 0 Å². The van der Waals surface area contributed by atoms with Gasteiger partial charge in [-0.1, -0.05) is 34.8 Å². The first-order valence-electron chi connectivity index (χ1n) is 6.43. The van der Waals surface area contributed by atoms with Crippen LogP contribution in [0.3, 0.4) is 0 Å². The molecule has 0 aliphatic heterocycles. The number of nitrogens with two attached hydrogens (primary N) is 1. The van der Waals surface area contributed by atoms with Gasteiger partial charge >= 0.3 is 0 Å². The van der Waals surface area contributed by atoms with Crippen molar-refractivity contribution in [3.05, 3.63) is 28.2 Å². The molecule has 1 aromatic carbocycles. The lowest BCUT2D eigenvalue weighted by Gasteiger charge is -2.28. The predicted octanol–water partition coefficient (Wildman–Crippen LogP) is 2.77. The first kappa shape index (κ1) is 13.8. The van der Waals surface area contributed by atoms with Gasteiger partial charge in [0.05, 0.1) is 5.60 Å². The Morgan fingerprint density at radius 1 is 1.39 bits per heavy atom. The van der Waals surface area contributed by atoms with Gasteiger partial charge in [0.25, 0.3) is 0 Å². The maximum atomic E-state index is 10.4. The molecule has 3 N–H and O–H groups in total. The third-order valence-electron chi connectivity index (χ3n) is 3.62. The Bertz CT molecular complexity index is 416. The maximum Gasteiger partial charge on any atom is 0.0774 e. The fraction of sp³-hybridized carbons (Fsp3) is 0.571. The van der Waals surface area contributed by atoms with Crippen molar-refractivity contribution in [2.24, 2.45) is 0 Å². The zero-order chi connectivity index (χ0) is 13.2. The summed E-state index contributed by atoms with van der Waals surface area (Å²) in [4.78, 5) is 2.18. The zero-order valence-corrected chi connectivity index (χ0v) is 12.4. The Kier molecular flexibility index (Phi) is 4.30. The zero-order valence-electron chi connectivity index (χ0n) is 10.8. The van der Waals surface area contributed by atoms with Crippen LogP contribution in [-0.2, 0) is 6.54 Å². The second-order valence-electron chi connectivity index (χ2n) is 5.45. The van der Waals surface area contributed by atoms with E-state index in [1.165, 1.54) is 5.56 Å². The van der Waals surface area contributed by atoms with Crippen molar-refractivity contribution in [2.45, 2.75) is 37.8 Å². The normalized spacial score (nSPS) is 18.4. The van der Waals surface area contributed by atoms with E-state index >= 15 is 0 Å². The molecule has 1 aliphatic rings. The van der Waals surface area contributed by atoms with Gasteiger partial charge < -0.3 is 10.8 Å². The average Bonchev–Trinajstić information content (AvgIpc) is 2.69. The van der Waals surface area contributed by atoms with Crippen molar-refractivity contribution in [1.29, 1.82) is 0 Å². The van der Waals surface area contributed by atoms with E-state index < -0.39 is 5.60 Å². The van der Waals surface area contributed by atoms with Crippen LogP contribution in [0.5, 0.6) is 0 Å². The Balaban J connectivity index is 1.96. The molecule has 1 fully saturated rings. The Hall–Kier alpha value is -0.580. The van der Waals surface area contributed by atoms with Crippen molar-refractivity contribution in [2.75, 3.05) is 19.3 Å². The molecular weight excluding hydrogens is 292 g/mol. The first-order chi connectivity index (χ1) is 8.48. The van der Waals surface area contributed by atoms with Gasteiger partial charge in [0.15, 0.2) is 0 Å². The lowest BCUT2D eigenvalue weighted by Crippen LogP contribution is -2.38. The number of likely N-dealkylation sites (N-methyl/N-ethyl adjacent to an activating group) is 1. The molecule has 1 aromatic rings. The molecule has 1 saturated carbocycles. The van der Waals surface area contributed by atoms with Gasteiger partial charge in [0.2, 0.25) is 0 Å². The van der Waals surface area contributed by atoms with Crippen LogP contribution in [0.25, 0.3) is 0 Å². The van der Waals surface area contributed by atoms with Crippen molar-refractivity contribution in [1.82, 2.24) is 4.90 Å². The van der Waals surface area contributed by atoms with Gasteiger partial charge in [-0.25, -0.2) is 0 Å². The van der Waals surface area contributed by atoms with Crippen LogP contribution in [0, 0.1) is 0 Å². The highest BCUT2D eigenvalue weighted by Gasteiger charge is 2.32. The van der Waals surface area contributed by atoms with E-state index in [0.29, 0.717) is 0 Å². The summed E-state index contributed by atoms with van der Waals surface area (Å²) >= 11 is 3.53. The molecule has 2 rings (SSSR count). The van der Waals surface area contributed by atoms with E-state index in [1.807, 2.05) is 18.2 Å². The summed E-state index contributed by atoms with van der Waals surface area (Å²) < 4.78 is 1.03. The molecule has 0 bridgehead atoms.